The van der Waals surface area contributed by atoms with Crippen molar-refractivity contribution < 1.29 is 14.0 Å². The van der Waals surface area contributed by atoms with Gasteiger partial charge in [-0.2, -0.15) is 5.10 Å². The predicted octanol–water partition coefficient (Wildman–Crippen LogP) is 3.87. The molecular weight excluding hydrogens is 469 g/mol. The number of benzene rings is 1. The van der Waals surface area contributed by atoms with Crippen LogP contribution < -0.4 is 10.6 Å². The van der Waals surface area contributed by atoms with E-state index in [1.165, 1.54) is 22.3 Å². The summed E-state index contributed by atoms with van der Waals surface area (Å²) in [5.41, 5.74) is 8.97. The van der Waals surface area contributed by atoms with Gasteiger partial charge in [0.05, 0.1) is 39.9 Å². The van der Waals surface area contributed by atoms with E-state index in [1.807, 2.05) is 6.20 Å². The van der Waals surface area contributed by atoms with E-state index in [2.05, 4.69) is 20.0 Å². The SMILES string of the molecule is Cc1cc(-n2cc(N(c3nc(C(N)=O)c(-c4cc(C(=O)N(C)C)c[nH]4)s3)C3CC3)cn2)ccc1F. The van der Waals surface area contributed by atoms with Crippen molar-refractivity contribution in [2.24, 2.45) is 5.73 Å². The number of aromatic nitrogens is 4. The van der Waals surface area contributed by atoms with Crippen LogP contribution in [0.1, 0.15) is 39.3 Å². The first-order valence-electron chi connectivity index (χ1n) is 11.0. The molecule has 0 aliphatic heterocycles. The van der Waals surface area contributed by atoms with Crippen LogP contribution in [0.15, 0.2) is 42.9 Å². The summed E-state index contributed by atoms with van der Waals surface area (Å²) >= 11 is 1.33. The molecule has 3 N–H and O–H groups in total. The van der Waals surface area contributed by atoms with E-state index in [1.54, 1.807) is 56.3 Å². The van der Waals surface area contributed by atoms with Crippen molar-refractivity contribution in [2.75, 3.05) is 19.0 Å². The van der Waals surface area contributed by atoms with E-state index < -0.39 is 5.91 Å². The quantitative estimate of drug-likeness (QED) is 0.406. The maximum atomic E-state index is 13.7. The summed E-state index contributed by atoms with van der Waals surface area (Å²) in [5, 5.41) is 5.08. The molecule has 0 bridgehead atoms. The average molecular weight is 494 g/mol. The number of aryl methyl sites for hydroxylation is 1. The molecule has 0 unspecified atom stereocenters. The number of aromatic amines is 1. The number of hydrogen-bond donors (Lipinski definition) is 2. The number of nitrogens with zero attached hydrogens (tertiary/aromatic N) is 5. The van der Waals surface area contributed by atoms with Crippen LogP contribution in [0, 0.1) is 12.7 Å². The molecule has 0 radical (unpaired) electrons. The minimum Gasteiger partial charge on any atom is -0.364 e. The Morgan fingerprint density at radius 1 is 1.26 bits per heavy atom. The molecule has 0 atom stereocenters. The zero-order valence-electron chi connectivity index (χ0n) is 19.4. The fourth-order valence-corrected chi connectivity index (χ4v) is 4.97. The van der Waals surface area contributed by atoms with E-state index in [0.29, 0.717) is 26.8 Å². The zero-order chi connectivity index (χ0) is 24.9. The molecule has 5 rings (SSSR count). The van der Waals surface area contributed by atoms with Crippen molar-refractivity contribution >= 4 is 34.0 Å². The highest BCUT2D eigenvalue weighted by Crippen LogP contribution is 2.43. The van der Waals surface area contributed by atoms with E-state index in [-0.39, 0.29) is 23.5 Å². The van der Waals surface area contributed by atoms with Crippen molar-refractivity contribution in [2.45, 2.75) is 25.8 Å². The molecule has 1 fully saturated rings. The van der Waals surface area contributed by atoms with Gasteiger partial charge in [0.2, 0.25) is 0 Å². The summed E-state index contributed by atoms with van der Waals surface area (Å²) in [4.78, 5) is 36.4. The van der Waals surface area contributed by atoms with Gasteiger partial charge in [0, 0.05) is 26.3 Å². The van der Waals surface area contributed by atoms with E-state index >= 15 is 0 Å². The maximum Gasteiger partial charge on any atom is 0.268 e. The first kappa shape index (κ1) is 22.8. The molecule has 4 aromatic rings. The van der Waals surface area contributed by atoms with Crippen molar-refractivity contribution in [3.05, 3.63) is 65.5 Å². The van der Waals surface area contributed by atoms with Crippen LogP contribution in [0.3, 0.4) is 0 Å². The number of nitrogens with two attached hydrogens (primary N) is 1. The molecule has 11 heteroatoms. The fraction of sp³-hybridized carbons (Fsp3) is 0.250. The van der Waals surface area contributed by atoms with Crippen LogP contribution in [-0.2, 0) is 0 Å². The summed E-state index contributed by atoms with van der Waals surface area (Å²) in [5.74, 6) is -1.07. The Morgan fingerprint density at radius 2 is 2.03 bits per heavy atom. The van der Waals surface area contributed by atoms with Gasteiger partial charge < -0.3 is 20.5 Å². The van der Waals surface area contributed by atoms with Gasteiger partial charge in [-0.25, -0.2) is 14.1 Å². The summed E-state index contributed by atoms with van der Waals surface area (Å²) < 4.78 is 15.4. The molecule has 9 nitrogen and oxygen atoms in total. The lowest BCUT2D eigenvalue weighted by atomic mass is 10.2. The number of rotatable bonds is 7. The minimum atomic E-state index is -0.647. The third-order valence-corrected chi connectivity index (χ3v) is 6.89. The minimum absolute atomic E-state index is 0.142. The van der Waals surface area contributed by atoms with E-state index in [0.717, 1.165) is 24.2 Å². The standard InChI is InChI=1S/C24H24FN7O2S/c1-13-8-16(6-7-18(13)25)31-12-17(11-28-31)32(15-4-5-15)24-29-20(22(26)33)21(35-24)19-9-14(10-27-19)23(34)30(2)3/h6-12,15,27H,4-5H2,1-3H3,(H2,26,33). The Labute approximate surface area is 205 Å². The third-order valence-electron chi connectivity index (χ3n) is 5.80. The lowest BCUT2D eigenvalue weighted by Crippen LogP contribution is -2.20. The van der Waals surface area contributed by atoms with Gasteiger partial charge in [0.15, 0.2) is 10.8 Å². The van der Waals surface area contributed by atoms with Gasteiger partial charge in [-0.1, -0.05) is 11.3 Å². The van der Waals surface area contributed by atoms with Crippen molar-refractivity contribution in [3.8, 4) is 16.3 Å². The number of primary amides is 1. The number of anilines is 2. The molecule has 1 aromatic carbocycles. The molecule has 0 spiro atoms. The highest BCUT2D eigenvalue weighted by molar-refractivity contribution is 7.19. The predicted molar refractivity (Wildman–Crippen MR) is 132 cm³/mol. The molecule has 35 heavy (non-hydrogen) atoms. The monoisotopic (exact) mass is 493 g/mol. The van der Waals surface area contributed by atoms with Crippen molar-refractivity contribution in [3.63, 3.8) is 0 Å². The molecule has 1 aliphatic carbocycles. The maximum absolute atomic E-state index is 13.7. The second-order valence-corrected chi connectivity index (χ2v) is 9.70. The molecule has 3 aromatic heterocycles. The highest BCUT2D eigenvalue weighted by Gasteiger charge is 2.34. The number of hydrogen-bond acceptors (Lipinski definition) is 6. The largest absolute Gasteiger partial charge is 0.364 e. The topological polar surface area (TPSA) is 113 Å². The van der Waals surface area contributed by atoms with Crippen LogP contribution in [0.25, 0.3) is 16.3 Å². The molecule has 2 amide bonds. The number of halogens is 1. The van der Waals surface area contributed by atoms with E-state index in [4.69, 9.17) is 5.73 Å². The second kappa shape index (κ2) is 8.66. The van der Waals surface area contributed by atoms with Gasteiger partial charge in [-0.05, 0) is 49.6 Å². The number of thiazole rings is 1. The van der Waals surface area contributed by atoms with Crippen LogP contribution in [0.4, 0.5) is 15.2 Å². The average Bonchev–Trinajstić information content (AvgIpc) is 3.20. The smallest absolute Gasteiger partial charge is 0.268 e. The van der Waals surface area contributed by atoms with Gasteiger partial charge in [-0.15, -0.1) is 0 Å². The molecule has 1 aliphatic rings. The third kappa shape index (κ3) is 4.30. The lowest BCUT2D eigenvalue weighted by Gasteiger charge is -2.19. The number of nitrogens with one attached hydrogen (secondary N) is 1. The Kier molecular flexibility index (Phi) is 5.64. The zero-order valence-corrected chi connectivity index (χ0v) is 20.3. The normalized spacial score (nSPS) is 13.1. The van der Waals surface area contributed by atoms with E-state index in [9.17, 15) is 14.0 Å². The Hall–Kier alpha value is -3.99. The molecule has 3 heterocycles. The fourth-order valence-electron chi connectivity index (χ4n) is 3.83. The van der Waals surface area contributed by atoms with Gasteiger partial charge in [0.1, 0.15) is 5.82 Å². The van der Waals surface area contributed by atoms with Gasteiger partial charge in [-0.3, -0.25) is 9.59 Å². The van der Waals surface area contributed by atoms with Crippen LogP contribution in [-0.4, -0.2) is 56.6 Å². The lowest BCUT2D eigenvalue weighted by molar-refractivity contribution is 0.0827. The van der Waals surface area contributed by atoms with Crippen molar-refractivity contribution in [1.82, 2.24) is 24.6 Å². The Morgan fingerprint density at radius 3 is 2.69 bits per heavy atom. The van der Waals surface area contributed by atoms with Crippen molar-refractivity contribution in [1.29, 1.82) is 0 Å². The highest BCUT2D eigenvalue weighted by atomic mass is 32.1. The number of carbonyl (C=O) groups excluding carboxylic acids is 2. The van der Waals surface area contributed by atoms with Crippen LogP contribution >= 0.6 is 11.3 Å². The second-order valence-electron chi connectivity index (χ2n) is 8.72. The molecule has 1 saturated carbocycles. The first-order valence-corrected chi connectivity index (χ1v) is 11.9. The summed E-state index contributed by atoms with van der Waals surface area (Å²) in [6.07, 6.45) is 7.15. The molecule has 180 valence electrons. The number of H-pyrrole nitrogens is 1. The summed E-state index contributed by atoms with van der Waals surface area (Å²) in [7, 11) is 3.35. The van der Waals surface area contributed by atoms with Crippen LogP contribution in [0.5, 0.6) is 0 Å². The first-order chi connectivity index (χ1) is 16.7. The van der Waals surface area contributed by atoms with Crippen LogP contribution in [0.2, 0.25) is 0 Å². The number of amides is 2. The number of carbonyl (C=O) groups is 2. The summed E-state index contributed by atoms with van der Waals surface area (Å²) in [6, 6.07) is 6.74. The van der Waals surface area contributed by atoms with Gasteiger partial charge in [0.25, 0.3) is 11.8 Å². The Balaban J connectivity index is 1.52. The Bertz CT molecular complexity index is 1430. The molecular formula is C24H24FN7O2S. The van der Waals surface area contributed by atoms with Gasteiger partial charge >= 0.3 is 0 Å². The summed E-state index contributed by atoms with van der Waals surface area (Å²) in [6.45, 7) is 1.71. The molecule has 0 saturated heterocycles.